The van der Waals surface area contributed by atoms with E-state index in [9.17, 15) is 4.79 Å². The van der Waals surface area contributed by atoms with Crippen LogP contribution in [0.5, 0.6) is 5.75 Å². The van der Waals surface area contributed by atoms with Crippen molar-refractivity contribution in [2.45, 2.75) is 11.4 Å². The van der Waals surface area contributed by atoms with Crippen molar-refractivity contribution in [1.29, 1.82) is 0 Å². The van der Waals surface area contributed by atoms with E-state index in [4.69, 9.17) is 10.5 Å². The summed E-state index contributed by atoms with van der Waals surface area (Å²) in [6, 6.07) is 19.7. The van der Waals surface area contributed by atoms with Gasteiger partial charge in [-0.05, 0) is 65.7 Å². The number of thiophene rings is 1. The summed E-state index contributed by atoms with van der Waals surface area (Å²) in [5.41, 5.74) is 10.5. The highest BCUT2D eigenvalue weighted by molar-refractivity contribution is 7.80. The Balaban J connectivity index is 0.000000230. The number of nitrogen functional groups attached to an aromatic ring is 1. The summed E-state index contributed by atoms with van der Waals surface area (Å²) in [5, 5.41) is 0. The highest BCUT2D eigenvalue weighted by Gasteiger charge is 2.24. The molecule has 1 amide bonds. The lowest BCUT2D eigenvalue weighted by Crippen LogP contribution is -2.17. The Kier molecular flexibility index (Phi) is 6.48. The molecule has 0 atom stereocenters. The Morgan fingerprint density at radius 2 is 1.72 bits per heavy atom. The van der Waals surface area contributed by atoms with Gasteiger partial charge in [-0.2, -0.15) is 0 Å². The van der Waals surface area contributed by atoms with Crippen molar-refractivity contribution in [2.24, 2.45) is 0 Å². The first-order valence-corrected chi connectivity index (χ1v) is 11.2. The molecular weight excluding hydrogens is 438 g/mol. The van der Waals surface area contributed by atoms with E-state index in [0.29, 0.717) is 12.2 Å². The molecule has 0 bridgehead atoms. The number of thiol groups is 1. The lowest BCUT2D eigenvalue weighted by atomic mass is 10.1. The second kappa shape index (κ2) is 9.46. The number of carbonyl (C=O) groups is 1. The third-order valence-corrected chi connectivity index (χ3v) is 6.58. The number of anilines is 1. The molecule has 5 nitrogen and oxygen atoms in total. The molecule has 0 fully saturated rings. The van der Waals surface area contributed by atoms with E-state index in [2.05, 4.69) is 35.8 Å². The number of methoxy groups -OCH3 is 1. The predicted molar refractivity (Wildman–Crippen MR) is 133 cm³/mol. The molecule has 7 heteroatoms. The first-order valence-electron chi connectivity index (χ1n) is 9.97. The van der Waals surface area contributed by atoms with Crippen LogP contribution in [0.1, 0.15) is 15.9 Å². The van der Waals surface area contributed by atoms with Gasteiger partial charge < -0.3 is 15.4 Å². The number of aromatic nitrogens is 1. The molecule has 1 aliphatic heterocycles. The largest absolute Gasteiger partial charge is 0.497 e. The Morgan fingerprint density at radius 3 is 2.41 bits per heavy atom. The number of hydrogen-bond donors (Lipinski definition) is 2. The standard InChI is InChI=1S/C18H15N3OS.C7H8OS/c1-21-10-13-6-11(2-3-15(13)18(21)22)16-4-5-17(23-16)12-7-14(19)9-20-8-12;1-8-6-2-4-7(9)5-3-6/h2-9H,10,19H2,1H3;2-5,9H,1H3. The summed E-state index contributed by atoms with van der Waals surface area (Å²) in [6.07, 6.45) is 3.47. The SMILES string of the molecule is CN1Cc2cc(-c3ccc(-c4cncc(N)c4)s3)ccc2C1=O.COc1ccc(S)cc1. The van der Waals surface area contributed by atoms with Crippen molar-refractivity contribution in [2.75, 3.05) is 19.9 Å². The Morgan fingerprint density at radius 1 is 1.00 bits per heavy atom. The number of fused-ring (bicyclic) bond motifs is 1. The van der Waals surface area contributed by atoms with Crippen LogP contribution in [-0.2, 0) is 6.54 Å². The van der Waals surface area contributed by atoms with Crippen molar-refractivity contribution in [3.05, 3.63) is 84.2 Å². The number of nitrogens with two attached hydrogens (primary N) is 1. The molecule has 4 aromatic rings. The van der Waals surface area contributed by atoms with E-state index in [0.717, 1.165) is 37.8 Å². The Bertz CT molecular complexity index is 1250. The fourth-order valence-electron chi connectivity index (χ4n) is 3.44. The molecule has 2 aromatic heterocycles. The van der Waals surface area contributed by atoms with Gasteiger partial charge >= 0.3 is 0 Å². The van der Waals surface area contributed by atoms with Crippen LogP contribution in [0.25, 0.3) is 20.9 Å². The molecular formula is C25H23N3O2S2. The number of benzene rings is 2. The van der Waals surface area contributed by atoms with Gasteiger partial charge in [0.1, 0.15) is 5.75 Å². The molecule has 0 saturated heterocycles. The fraction of sp³-hybridized carbons (Fsp3) is 0.120. The maximum absolute atomic E-state index is 12.0. The molecule has 162 valence electrons. The van der Waals surface area contributed by atoms with Gasteiger partial charge in [-0.1, -0.05) is 6.07 Å². The molecule has 0 radical (unpaired) electrons. The molecule has 32 heavy (non-hydrogen) atoms. The van der Waals surface area contributed by atoms with Crippen LogP contribution < -0.4 is 10.5 Å². The first kappa shape index (κ1) is 21.9. The summed E-state index contributed by atoms with van der Waals surface area (Å²) in [6.45, 7) is 0.680. The molecule has 1 aliphatic rings. The van der Waals surface area contributed by atoms with Gasteiger partial charge in [-0.15, -0.1) is 24.0 Å². The van der Waals surface area contributed by atoms with Crippen LogP contribution in [0.3, 0.4) is 0 Å². The zero-order chi connectivity index (χ0) is 22.7. The van der Waals surface area contributed by atoms with Gasteiger partial charge in [0.2, 0.25) is 0 Å². The molecule has 0 unspecified atom stereocenters. The predicted octanol–water partition coefficient (Wildman–Crippen LogP) is 5.63. The quantitative estimate of drug-likeness (QED) is 0.388. The zero-order valence-electron chi connectivity index (χ0n) is 17.8. The van der Waals surface area contributed by atoms with E-state index in [1.807, 2.05) is 55.7 Å². The lowest BCUT2D eigenvalue weighted by Gasteiger charge is -2.04. The minimum Gasteiger partial charge on any atom is -0.497 e. The summed E-state index contributed by atoms with van der Waals surface area (Å²) in [5.74, 6) is 0.969. The van der Waals surface area contributed by atoms with Gasteiger partial charge in [0.25, 0.3) is 5.91 Å². The third-order valence-electron chi connectivity index (χ3n) is 5.10. The van der Waals surface area contributed by atoms with Crippen LogP contribution in [0.15, 0.2) is 78.0 Å². The van der Waals surface area contributed by atoms with Crippen LogP contribution in [0.2, 0.25) is 0 Å². The number of pyridine rings is 1. The molecule has 3 heterocycles. The van der Waals surface area contributed by atoms with Crippen LogP contribution in [0, 0.1) is 0 Å². The van der Waals surface area contributed by atoms with Gasteiger partial charge in [-0.25, -0.2) is 0 Å². The minimum absolute atomic E-state index is 0.101. The van der Waals surface area contributed by atoms with E-state index < -0.39 is 0 Å². The van der Waals surface area contributed by atoms with E-state index in [1.165, 1.54) is 4.88 Å². The van der Waals surface area contributed by atoms with E-state index in [-0.39, 0.29) is 5.91 Å². The average molecular weight is 462 g/mol. The summed E-state index contributed by atoms with van der Waals surface area (Å²) in [4.78, 5) is 21.1. The van der Waals surface area contributed by atoms with E-state index >= 15 is 0 Å². The number of nitrogens with zero attached hydrogens (tertiary/aromatic N) is 2. The monoisotopic (exact) mass is 461 g/mol. The highest BCUT2D eigenvalue weighted by atomic mass is 32.1. The molecule has 0 aliphatic carbocycles. The van der Waals surface area contributed by atoms with Gasteiger partial charge in [-0.3, -0.25) is 9.78 Å². The smallest absolute Gasteiger partial charge is 0.254 e. The topological polar surface area (TPSA) is 68.5 Å². The summed E-state index contributed by atoms with van der Waals surface area (Å²) in [7, 11) is 3.48. The van der Waals surface area contributed by atoms with Crippen molar-refractivity contribution in [1.82, 2.24) is 9.88 Å². The van der Waals surface area contributed by atoms with Gasteiger partial charge in [0, 0.05) is 51.8 Å². The number of rotatable bonds is 3. The highest BCUT2D eigenvalue weighted by Crippen LogP contribution is 2.36. The molecule has 2 N–H and O–H groups in total. The Hall–Kier alpha value is -3.29. The second-order valence-corrected chi connectivity index (χ2v) is 9.00. The maximum atomic E-state index is 12.0. The van der Waals surface area contributed by atoms with Crippen LogP contribution in [-0.4, -0.2) is 29.9 Å². The van der Waals surface area contributed by atoms with Crippen molar-refractivity contribution in [3.8, 4) is 26.6 Å². The van der Waals surface area contributed by atoms with Crippen LogP contribution in [0.4, 0.5) is 5.69 Å². The zero-order valence-corrected chi connectivity index (χ0v) is 19.5. The number of ether oxygens (including phenoxy) is 1. The van der Waals surface area contributed by atoms with E-state index in [1.54, 1.807) is 29.5 Å². The summed E-state index contributed by atoms with van der Waals surface area (Å²) < 4.78 is 4.94. The maximum Gasteiger partial charge on any atom is 0.254 e. The number of hydrogen-bond acceptors (Lipinski definition) is 6. The van der Waals surface area contributed by atoms with Gasteiger partial charge in [0.15, 0.2) is 0 Å². The molecule has 0 spiro atoms. The number of amides is 1. The molecule has 0 saturated carbocycles. The summed E-state index contributed by atoms with van der Waals surface area (Å²) >= 11 is 5.82. The molecule has 5 rings (SSSR count). The van der Waals surface area contributed by atoms with Crippen molar-refractivity contribution in [3.63, 3.8) is 0 Å². The second-order valence-electron chi connectivity index (χ2n) is 7.40. The minimum atomic E-state index is 0.101. The normalized spacial score (nSPS) is 12.2. The van der Waals surface area contributed by atoms with Gasteiger partial charge in [0.05, 0.1) is 12.8 Å². The average Bonchev–Trinajstić information content (AvgIpc) is 3.40. The number of carbonyl (C=O) groups excluding carboxylic acids is 1. The van der Waals surface area contributed by atoms with Crippen LogP contribution >= 0.6 is 24.0 Å². The van der Waals surface area contributed by atoms with Crippen molar-refractivity contribution < 1.29 is 9.53 Å². The first-order chi connectivity index (χ1) is 15.4. The fourth-order valence-corrected chi connectivity index (χ4v) is 4.57. The lowest BCUT2D eigenvalue weighted by molar-refractivity contribution is 0.0816. The Labute approximate surface area is 196 Å². The molecule has 2 aromatic carbocycles. The van der Waals surface area contributed by atoms with Crippen molar-refractivity contribution >= 4 is 35.6 Å². The third kappa shape index (κ3) is 4.79.